The predicted molar refractivity (Wildman–Crippen MR) is 188 cm³/mol. The van der Waals surface area contributed by atoms with Gasteiger partial charge in [0.25, 0.3) is 5.91 Å². The van der Waals surface area contributed by atoms with Crippen LogP contribution in [0.15, 0.2) is 48.5 Å². The number of hydrogen-bond donors (Lipinski definition) is 5. The Hall–Kier alpha value is -3.79. The molecule has 2 rings (SSSR count). The highest BCUT2D eigenvalue weighted by molar-refractivity contribution is 5.83. The Labute approximate surface area is 286 Å². The average Bonchev–Trinajstić information content (AvgIpc) is 3.04. The van der Waals surface area contributed by atoms with Gasteiger partial charge in [0.1, 0.15) is 5.82 Å². The number of benzene rings is 2. The first-order valence-corrected chi connectivity index (χ1v) is 17.4. The Kier molecular flexibility index (Phi) is 17.9. The molecule has 0 saturated heterocycles. The molecule has 0 aliphatic carbocycles. The molecule has 5 N–H and O–H groups in total. The topological polar surface area (TPSA) is 137 Å². The summed E-state index contributed by atoms with van der Waals surface area (Å²) >= 11 is 0. The minimum absolute atomic E-state index is 0.00967. The summed E-state index contributed by atoms with van der Waals surface area (Å²) < 4.78 is 14.0. The second-order valence-corrected chi connectivity index (χ2v) is 13.6. The number of rotatable bonds is 22. The van der Waals surface area contributed by atoms with Gasteiger partial charge in [0.05, 0.1) is 6.04 Å². The normalized spacial score (nSPS) is 13.2. The number of amides is 4. The van der Waals surface area contributed by atoms with E-state index in [1.165, 1.54) is 12.1 Å². The molecule has 0 radical (unpaired) electrons. The molecule has 48 heavy (non-hydrogen) atoms. The van der Waals surface area contributed by atoms with E-state index in [0.29, 0.717) is 25.7 Å². The number of aryl methyl sites for hydroxylation is 1. The van der Waals surface area contributed by atoms with Gasteiger partial charge in [0.2, 0.25) is 17.7 Å². The predicted octanol–water partition coefficient (Wildman–Crippen LogP) is 5.06. The molecule has 2 aromatic carbocycles. The van der Waals surface area contributed by atoms with Crippen LogP contribution in [0.1, 0.15) is 102 Å². The van der Waals surface area contributed by atoms with Crippen molar-refractivity contribution < 1.29 is 28.7 Å². The Morgan fingerprint density at radius 2 is 1.40 bits per heavy atom. The van der Waals surface area contributed by atoms with E-state index in [2.05, 4.69) is 35.1 Å². The van der Waals surface area contributed by atoms with Gasteiger partial charge in [-0.15, -0.1) is 0 Å². The summed E-state index contributed by atoms with van der Waals surface area (Å²) in [6, 6.07) is 12.6. The quantitative estimate of drug-likeness (QED) is 0.112. The van der Waals surface area contributed by atoms with Crippen LogP contribution in [0, 0.1) is 18.2 Å². The summed E-state index contributed by atoms with van der Waals surface area (Å²) in [5, 5.41) is 22.5. The zero-order chi connectivity index (χ0) is 35.5. The van der Waals surface area contributed by atoms with E-state index in [4.69, 9.17) is 0 Å². The van der Waals surface area contributed by atoms with Crippen molar-refractivity contribution in [3.8, 4) is 0 Å². The van der Waals surface area contributed by atoms with Crippen molar-refractivity contribution in [3.05, 3.63) is 71.0 Å². The SMILES string of the molecule is CCCCCC(=O)NC(CC(=O)NCC(C)(C)CNC(=O)C(O)C(Cc1ccccc1)NC(=O)CCCCC)Cc1cc(F)ccc1C. The van der Waals surface area contributed by atoms with Gasteiger partial charge in [-0.05, 0) is 66.8 Å². The molecule has 3 unspecified atom stereocenters. The lowest BCUT2D eigenvalue weighted by Crippen LogP contribution is -2.53. The maximum absolute atomic E-state index is 14.0. The summed E-state index contributed by atoms with van der Waals surface area (Å²) in [5.74, 6) is -1.61. The molecule has 0 spiro atoms. The maximum Gasteiger partial charge on any atom is 0.251 e. The third kappa shape index (κ3) is 15.9. The van der Waals surface area contributed by atoms with Crippen molar-refractivity contribution in [1.82, 2.24) is 21.3 Å². The summed E-state index contributed by atoms with van der Waals surface area (Å²) in [7, 11) is 0. The molecule has 0 aliphatic heterocycles. The number of aliphatic hydroxyl groups is 1. The van der Waals surface area contributed by atoms with E-state index in [9.17, 15) is 28.7 Å². The van der Waals surface area contributed by atoms with Crippen molar-refractivity contribution in [2.24, 2.45) is 5.41 Å². The minimum Gasteiger partial charge on any atom is -0.381 e. The highest BCUT2D eigenvalue weighted by Crippen LogP contribution is 2.16. The van der Waals surface area contributed by atoms with E-state index < -0.39 is 29.5 Å². The van der Waals surface area contributed by atoms with Crippen LogP contribution in [-0.4, -0.2) is 60.0 Å². The van der Waals surface area contributed by atoms with Crippen LogP contribution >= 0.6 is 0 Å². The fourth-order valence-corrected chi connectivity index (χ4v) is 5.37. The van der Waals surface area contributed by atoms with Gasteiger partial charge >= 0.3 is 0 Å². The van der Waals surface area contributed by atoms with Crippen LogP contribution in [-0.2, 0) is 32.0 Å². The van der Waals surface area contributed by atoms with Gasteiger partial charge in [0.15, 0.2) is 6.10 Å². The molecule has 9 nitrogen and oxygen atoms in total. The highest BCUT2D eigenvalue weighted by atomic mass is 19.1. The minimum atomic E-state index is -1.47. The molecular formula is C38H57FN4O5. The van der Waals surface area contributed by atoms with Crippen molar-refractivity contribution in [2.45, 2.75) is 123 Å². The van der Waals surface area contributed by atoms with Gasteiger partial charge in [-0.3, -0.25) is 19.2 Å². The van der Waals surface area contributed by atoms with Crippen molar-refractivity contribution in [3.63, 3.8) is 0 Å². The van der Waals surface area contributed by atoms with Crippen LogP contribution < -0.4 is 21.3 Å². The fourth-order valence-electron chi connectivity index (χ4n) is 5.37. The van der Waals surface area contributed by atoms with Gasteiger partial charge in [-0.25, -0.2) is 4.39 Å². The van der Waals surface area contributed by atoms with Gasteiger partial charge < -0.3 is 26.4 Å². The summed E-state index contributed by atoms with van der Waals surface area (Å²) in [4.78, 5) is 51.4. The van der Waals surface area contributed by atoms with Gasteiger partial charge in [-0.2, -0.15) is 0 Å². The first-order chi connectivity index (χ1) is 22.8. The molecule has 3 atom stereocenters. The fraction of sp³-hybridized carbons (Fsp3) is 0.579. The van der Waals surface area contributed by atoms with E-state index in [-0.39, 0.29) is 43.0 Å². The monoisotopic (exact) mass is 668 g/mol. The number of carbonyl (C=O) groups excluding carboxylic acids is 4. The second-order valence-electron chi connectivity index (χ2n) is 13.6. The Bertz CT molecular complexity index is 1300. The molecule has 0 aromatic heterocycles. The van der Waals surface area contributed by atoms with E-state index in [0.717, 1.165) is 55.2 Å². The standard InChI is InChI=1S/C38H57FN4O5/c1-6-8-11-17-33(44)42-31(23-29-22-30(39)20-19-27(29)3)24-35(46)40-25-38(4,5)26-41-37(48)36(47)32(21-28-15-13-10-14-16-28)43-34(45)18-12-9-7-2/h10,13-16,19-20,22,31-32,36,47H,6-9,11-12,17-18,21,23-26H2,1-5H3,(H,40,46)(H,41,48)(H,42,44)(H,43,45). The number of hydrogen-bond acceptors (Lipinski definition) is 5. The first kappa shape index (κ1) is 40.4. The molecule has 0 saturated carbocycles. The van der Waals surface area contributed by atoms with Crippen LogP contribution in [0.4, 0.5) is 4.39 Å². The first-order valence-electron chi connectivity index (χ1n) is 17.4. The average molecular weight is 669 g/mol. The molecule has 0 aliphatic rings. The number of aliphatic hydroxyl groups excluding tert-OH is 1. The molecule has 0 fully saturated rings. The molecule has 0 heterocycles. The Balaban J connectivity index is 1.98. The largest absolute Gasteiger partial charge is 0.381 e. The lowest BCUT2D eigenvalue weighted by atomic mass is 9.92. The zero-order valence-electron chi connectivity index (χ0n) is 29.5. The van der Waals surface area contributed by atoms with Crippen molar-refractivity contribution in [1.29, 1.82) is 0 Å². The van der Waals surface area contributed by atoms with E-state index in [1.807, 2.05) is 51.1 Å². The van der Waals surface area contributed by atoms with E-state index in [1.54, 1.807) is 6.07 Å². The number of carbonyl (C=O) groups is 4. The number of nitrogens with one attached hydrogen (secondary N) is 4. The zero-order valence-corrected chi connectivity index (χ0v) is 29.5. The van der Waals surface area contributed by atoms with Gasteiger partial charge in [0, 0.05) is 38.4 Å². The van der Waals surface area contributed by atoms with Crippen molar-refractivity contribution >= 4 is 23.6 Å². The summed E-state index contributed by atoms with van der Waals surface area (Å²) in [6.07, 6.45) is 5.15. The van der Waals surface area contributed by atoms with Crippen LogP contribution in [0.5, 0.6) is 0 Å². The second kappa shape index (κ2) is 21.2. The van der Waals surface area contributed by atoms with Crippen LogP contribution in [0.25, 0.3) is 0 Å². The summed E-state index contributed by atoms with van der Waals surface area (Å²) in [5.41, 5.74) is 1.91. The molecule has 2 aromatic rings. The lowest BCUT2D eigenvalue weighted by molar-refractivity contribution is -0.132. The Morgan fingerprint density at radius 1 is 0.792 bits per heavy atom. The maximum atomic E-state index is 14.0. The smallest absolute Gasteiger partial charge is 0.251 e. The number of unbranched alkanes of at least 4 members (excludes halogenated alkanes) is 4. The molecule has 4 amide bonds. The van der Waals surface area contributed by atoms with Crippen LogP contribution in [0.3, 0.4) is 0 Å². The van der Waals surface area contributed by atoms with E-state index >= 15 is 0 Å². The Morgan fingerprint density at radius 3 is 2.02 bits per heavy atom. The highest BCUT2D eigenvalue weighted by Gasteiger charge is 2.30. The molecule has 10 heteroatoms. The molecule has 0 bridgehead atoms. The summed E-state index contributed by atoms with van der Waals surface area (Å²) in [6.45, 7) is 10.1. The number of halogens is 1. The van der Waals surface area contributed by atoms with Gasteiger partial charge in [-0.1, -0.05) is 89.8 Å². The lowest BCUT2D eigenvalue weighted by Gasteiger charge is -2.28. The van der Waals surface area contributed by atoms with Crippen molar-refractivity contribution in [2.75, 3.05) is 13.1 Å². The third-order valence-electron chi connectivity index (χ3n) is 8.39. The van der Waals surface area contributed by atoms with Crippen LogP contribution in [0.2, 0.25) is 0 Å². The third-order valence-corrected chi connectivity index (χ3v) is 8.39. The molecule has 266 valence electrons. The molecular weight excluding hydrogens is 611 g/mol.